The maximum Gasteiger partial charge on any atom is 0.264 e. The minimum atomic E-state index is -3.32. The second kappa shape index (κ2) is 4.63. The van der Waals surface area contributed by atoms with Gasteiger partial charge in [-0.1, -0.05) is 13.3 Å². The van der Waals surface area contributed by atoms with Crippen LogP contribution in [-0.4, -0.2) is 44.8 Å². The molecule has 0 saturated carbocycles. The SMILES string of the molecule is CC1CC(OS(C)(=O)=O)C2CCCCN2C1. The zero-order chi connectivity index (χ0) is 11.8. The van der Waals surface area contributed by atoms with Crippen molar-refractivity contribution < 1.29 is 12.6 Å². The number of hydrogen-bond donors (Lipinski definition) is 0. The largest absolute Gasteiger partial charge is 0.297 e. The quantitative estimate of drug-likeness (QED) is 0.689. The average molecular weight is 247 g/mol. The molecule has 2 aliphatic heterocycles. The van der Waals surface area contributed by atoms with Crippen molar-refractivity contribution in [1.29, 1.82) is 0 Å². The lowest BCUT2D eigenvalue weighted by atomic mass is 9.86. The molecule has 2 rings (SSSR count). The standard InChI is InChI=1S/C11H21NO3S/c1-9-7-11(15-16(2,13)14)10-5-3-4-6-12(10)8-9/h9-11H,3-8H2,1-2H3. The van der Waals surface area contributed by atoms with Gasteiger partial charge in [-0.15, -0.1) is 0 Å². The fourth-order valence-electron chi connectivity index (χ4n) is 3.02. The van der Waals surface area contributed by atoms with E-state index in [1.54, 1.807) is 0 Å². The highest BCUT2D eigenvalue weighted by atomic mass is 32.2. The molecule has 0 N–H and O–H groups in total. The Morgan fingerprint density at radius 3 is 2.75 bits per heavy atom. The van der Waals surface area contributed by atoms with E-state index in [1.807, 2.05) is 0 Å². The Balaban J connectivity index is 2.09. The summed E-state index contributed by atoms with van der Waals surface area (Å²) in [5, 5.41) is 0. The summed E-state index contributed by atoms with van der Waals surface area (Å²) in [7, 11) is -3.32. The van der Waals surface area contributed by atoms with Crippen LogP contribution in [0, 0.1) is 5.92 Å². The van der Waals surface area contributed by atoms with Crippen molar-refractivity contribution in [2.75, 3.05) is 19.3 Å². The van der Waals surface area contributed by atoms with Crippen LogP contribution in [0.4, 0.5) is 0 Å². The summed E-state index contributed by atoms with van der Waals surface area (Å²) < 4.78 is 27.7. The zero-order valence-electron chi connectivity index (χ0n) is 10.1. The molecule has 0 aliphatic carbocycles. The van der Waals surface area contributed by atoms with Crippen LogP contribution in [-0.2, 0) is 14.3 Å². The predicted octanol–water partition coefficient (Wildman–Crippen LogP) is 1.23. The van der Waals surface area contributed by atoms with Crippen molar-refractivity contribution in [3.8, 4) is 0 Å². The Labute approximate surface area is 98.1 Å². The Kier molecular flexibility index (Phi) is 3.56. The Hall–Kier alpha value is -0.130. The molecule has 0 aromatic rings. The van der Waals surface area contributed by atoms with Gasteiger partial charge < -0.3 is 0 Å². The molecular formula is C11H21NO3S. The fraction of sp³-hybridized carbons (Fsp3) is 1.00. The highest BCUT2D eigenvalue weighted by Crippen LogP contribution is 2.31. The van der Waals surface area contributed by atoms with Gasteiger partial charge in [0.1, 0.15) is 0 Å². The van der Waals surface area contributed by atoms with Crippen molar-refractivity contribution >= 4 is 10.1 Å². The summed E-state index contributed by atoms with van der Waals surface area (Å²) in [6.07, 6.45) is 5.40. The molecule has 3 atom stereocenters. The fourth-order valence-corrected chi connectivity index (χ4v) is 3.68. The molecule has 0 aromatic carbocycles. The topological polar surface area (TPSA) is 46.6 Å². The van der Waals surface area contributed by atoms with E-state index in [9.17, 15) is 8.42 Å². The summed E-state index contributed by atoms with van der Waals surface area (Å²) in [6, 6.07) is 0.319. The first-order valence-electron chi connectivity index (χ1n) is 6.08. The molecule has 2 fully saturated rings. The number of nitrogens with zero attached hydrogens (tertiary/aromatic N) is 1. The molecule has 5 heteroatoms. The van der Waals surface area contributed by atoms with Crippen LogP contribution in [0.5, 0.6) is 0 Å². The molecule has 2 aliphatic rings. The average Bonchev–Trinajstić information content (AvgIpc) is 2.14. The molecule has 0 bridgehead atoms. The highest BCUT2D eigenvalue weighted by Gasteiger charge is 2.38. The number of hydrogen-bond acceptors (Lipinski definition) is 4. The number of rotatable bonds is 2. The summed E-state index contributed by atoms with van der Waals surface area (Å²) in [5.41, 5.74) is 0. The van der Waals surface area contributed by atoms with Crippen molar-refractivity contribution in [3.05, 3.63) is 0 Å². The lowest BCUT2D eigenvalue weighted by Crippen LogP contribution is -2.54. The van der Waals surface area contributed by atoms with Gasteiger partial charge in [0.05, 0.1) is 12.4 Å². The van der Waals surface area contributed by atoms with Crippen molar-refractivity contribution in [2.24, 2.45) is 5.92 Å². The normalized spacial score (nSPS) is 37.0. The van der Waals surface area contributed by atoms with Crippen molar-refractivity contribution in [2.45, 2.75) is 44.8 Å². The first-order chi connectivity index (χ1) is 7.46. The van der Waals surface area contributed by atoms with Gasteiger partial charge in [0.25, 0.3) is 10.1 Å². The summed E-state index contributed by atoms with van der Waals surface area (Å²) in [6.45, 7) is 4.36. The molecule has 0 amide bonds. The molecule has 2 heterocycles. The molecule has 4 nitrogen and oxygen atoms in total. The van der Waals surface area contributed by atoms with Crippen LogP contribution in [0.1, 0.15) is 32.6 Å². The molecule has 0 radical (unpaired) electrons. The van der Waals surface area contributed by atoms with E-state index in [-0.39, 0.29) is 6.10 Å². The third kappa shape index (κ3) is 2.96. The molecule has 2 saturated heterocycles. The predicted molar refractivity (Wildman–Crippen MR) is 62.7 cm³/mol. The second-order valence-electron chi connectivity index (χ2n) is 5.24. The molecular weight excluding hydrogens is 226 g/mol. The van der Waals surface area contributed by atoms with Gasteiger partial charge in [-0.2, -0.15) is 8.42 Å². The van der Waals surface area contributed by atoms with Crippen LogP contribution in [0.15, 0.2) is 0 Å². The molecule has 0 spiro atoms. The Bertz CT molecular complexity index is 341. The molecule has 16 heavy (non-hydrogen) atoms. The number of piperidine rings is 2. The number of fused-ring (bicyclic) bond motifs is 1. The van der Waals surface area contributed by atoms with Crippen molar-refractivity contribution in [3.63, 3.8) is 0 Å². The van der Waals surface area contributed by atoms with Gasteiger partial charge in [0.15, 0.2) is 0 Å². The molecule has 0 aromatic heterocycles. The van der Waals surface area contributed by atoms with E-state index in [1.165, 1.54) is 12.8 Å². The lowest BCUT2D eigenvalue weighted by molar-refractivity contribution is -0.0121. The lowest BCUT2D eigenvalue weighted by Gasteiger charge is -2.45. The van der Waals surface area contributed by atoms with Gasteiger partial charge in [0.2, 0.25) is 0 Å². The first kappa shape index (κ1) is 12.3. The Morgan fingerprint density at radius 1 is 1.31 bits per heavy atom. The van der Waals surface area contributed by atoms with Gasteiger partial charge in [-0.3, -0.25) is 9.08 Å². The zero-order valence-corrected chi connectivity index (χ0v) is 10.9. The van der Waals surface area contributed by atoms with Gasteiger partial charge >= 0.3 is 0 Å². The maximum atomic E-state index is 11.2. The third-order valence-corrected chi connectivity index (χ3v) is 4.17. The van der Waals surface area contributed by atoms with E-state index < -0.39 is 10.1 Å². The van der Waals surface area contributed by atoms with Crippen LogP contribution in [0.3, 0.4) is 0 Å². The van der Waals surface area contributed by atoms with E-state index in [2.05, 4.69) is 11.8 Å². The van der Waals surface area contributed by atoms with E-state index in [0.29, 0.717) is 12.0 Å². The van der Waals surface area contributed by atoms with Gasteiger partial charge in [0, 0.05) is 12.6 Å². The van der Waals surface area contributed by atoms with E-state index in [4.69, 9.17) is 4.18 Å². The van der Waals surface area contributed by atoms with Crippen LogP contribution in [0.2, 0.25) is 0 Å². The Morgan fingerprint density at radius 2 is 2.06 bits per heavy atom. The third-order valence-electron chi connectivity index (χ3n) is 3.57. The second-order valence-corrected chi connectivity index (χ2v) is 6.84. The van der Waals surface area contributed by atoms with Gasteiger partial charge in [-0.25, -0.2) is 0 Å². The molecule has 94 valence electrons. The van der Waals surface area contributed by atoms with Gasteiger partial charge in [-0.05, 0) is 31.7 Å². The summed E-state index contributed by atoms with van der Waals surface area (Å²) >= 11 is 0. The minimum Gasteiger partial charge on any atom is -0.297 e. The van der Waals surface area contributed by atoms with E-state index in [0.717, 1.165) is 32.2 Å². The monoisotopic (exact) mass is 247 g/mol. The van der Waals surface area contributed by atoms with E-state index >= 15 is 0 Å². The minimum absolute atomic E-state index is 0.126. The summed E-state index contributed by atoms with van der Waals surface area (Å²) in [4.78, 5) is 2.41. The van der Waals surface area contributed by atoms with Crippen LogP contribution >= 0.6 is 0 Å². The smallest absolute Gasteiger partial charge is 0.264 e. The van der Waals surface area contributed by atoms with Crippen LogP contribution in [0.25, 0.3) is 0 Å². The molecule has 3 unspecified atom stereocenters. The van der Waals surface area contributed by atoms with Crippen molar-refractivity contribution in [1.82, 2.24) is 4.90 Å². The highest BCUT2D eigenvalue weighted by molar-refractivity contribution is 7.86. The first-order valence-corrected chi connectivity index (χ1v) is 7.89. The summed E-state index contributed by atoms with van der Waals surface area (Å²) in [5.74, 6) is 0.529. The van der Waals surface area contributed by atoms with Crippen LogP contribution < -0.4 is 0 Å². The maximum absolute atomic E-state index is 11.2.